The Bertz CT molecular complexity index is 412. The third-order valence-electron chi connectivity index (χ3n) is 3.41. The molecular formula is C16H25BrClNO. The second-order valence-corrected chi connectivity index (χ2v) is 6.26. The van der Waals surface area contributed by atoms with Crippen LogP contribution in [-0.4, -0.2) is 13.7 Å². The zero-order valence-electron chi connectivity index (χ0n) is 12.6. The van der Waals surface area contributed by atoms with E-state index in [1.54, 1.807) is 7.11 Å². The van der Waals surface area contributed by atoms with E-state index in [9.17, 15) is 0 Å². The van der Waals surface area contributed by atoms with E-state index in [1.165, 1.54) is 25.7 Å². The van der Waals surface area contributed by atoms with Crippen LogP contribution in [0.3, 0.4) is 0 Å². The maximum Gasteiger partial charge on any atom is 0.137 e. The van der Waals surface area contributed by atoms with Gasteiger partial charge in [-0.1, -0.05) is 51.1 Å². The molecule has 1 aromatic rings. The number of ether oxygens (including phenoxy) is 1. The average molecular weight is 363 g/mol. The maximum absolute atomic E-state index is 6.19. The molecule has 0 amide bonds. The molecule has 0 radical (unpaired) electrons. The first kappa shape index (κ1) is 17.8. The van der Waals surface area contributed by atoms with E-state index >= 15 is 0 Å². The second-order valence-electron chi connectivity index (χ2n) is 4.97. The lowest BCUT2D eigenvalue weighted by molar-refractivity contribution is 0.390. The highest BCUT2D eigenvalue weighted by molar-refractivity contribution is 9.10. The normalized spacial score (nSPS) is 12.4. The number of hydrogen-bond donors (Lipinski definition) is 1. The summed E-state index contributed by atoms with van der Waals surface area (Å²) in [6.07, 6.45) is 6.17. The molecule has 114 valence electrons. The van der Waals surface area contributed by atoms with Crippen molar-refractivity contribution in [1.29, 1.82) is 0 Å². The number of hydrogen-bond acceptors (Lipinski definition) is 2. The molecule has 0 fully saturated rings. The Morgan fingerprint density at radius 1 is 1.25 bits per heavy atom. The van der Waals surface area contributed by atoms with Gasteiger partial charge in [0.1, 0.15) is 5.75 Å². The predicted octanol–water partition coefficient (Wildman–Crippen LogP) is 5.73. The van der Waals surface area contributed by atoms with Crippen molar-refractivity contribution >= 4 is 27.5 Å². The van der Waals surface area contributed by atoms with Crippen molar-refractivity contribution in [1.82, 2.24) is 5.32 Å². The van der Waals surface area contributed by atoms with E-state index in [-0.39, 0.29) is 0 Å². The number of unbranched alkanes of at least 4 members (excludes halogenated alkanes) is 3. The van der Waals surface area contributed by atoms with Gasteiger partial charge in [-0.05, 0) is 41.0 Å². The molecule has 0 aromatic heterocycles. The van der Waals surface area contributed by atoms with Crippen molar-refractivity contribution < 1.29 is 4.74 Å². The molecule has 0 spiro atoms. The Hall–Kier alpha value is -0.250. The molecule has 0 aliphatic heterocycles. The molecule has 0 heterocycles. The standard InChI is InChI=1S/C16H25BrClNO/c1-4-6-7-8-9-15(19-5-2)13-10-12(18)11-14(17)16(13)20-3/h10-11,15,19H,4-9H2,1-3H3. The summed E-state index contributed by atoms with van der Waals surface area (Å²) >= 11 is 9.73. The molecule has 1 N–H and O–H groups in total. The van der Waals surface area contributed by atoms with Crippen LogP contribution in [0.1, 0.15) is 57.6 Å². The van der Waals surface area contributed by atoms with E-state index in [0.29, 0.717) is 6.04 Å². The summed E-state index contributed by atoms with van der Waals surface area (Å²) in [7, 11) is 1.71. The van der Waals surface area contributed by atoms with Gasteiger partial charge in [-0.15, -0.1) is 0 Å². The molecule has 0 saturated carbocycles. The predicted molar refractivity (Wildman–Crippen MR) is 90.9 cm³/mol. The Kier molecular flexibility index (Phi) is 8.58. The van der Waals surface area contributed by atoms with Gasteiger partial charge < -0.3 is 10.1 Å². The monoisotopic (exact) mass is 361 g/mol. The number of methoxy groups -OCH3 is 1. The van der Waals surface area contributed by atoms with Crippen LogP contribution in [0.2, 0.25) is 5.02 Å². The maximum atomic E-state index is 6.19. The van der Waals surface area contributed by atoms with E-state index in [1.807, 2.05) is 12.1 Å². The summed E-state index contributed by atoms with van der Waals surface area (Å²) in [6, 6.07) is 4.18. The molecule has 1 unspecified atom stereocenters. The van der Waals surface area contributed by atoms with Crippen molar-refractivity contribution in [2.45, 2.75) is 52.0 Å². The van der Waals surface area contributed by atoms with Crippen molar-refractivity contribution in [2.75, 3.05) is 13.7 Å². The van der Waals surface area contributed by atoms with Crippen LogP contribution in [0, 0.1) is 0 Å². The summed E-state index contributed by atoms with van der Waals surface area (Å²) < 4.78 is 6.46. The van der Waals surface area contributed by atoms with E-state index in [2.05, 4.69) is 35.1 Å². The highest BCUT2D eigenvalue weighted by Gasteiger charge is 2.18. The van der Waals surface area contributed by atoms with Crippen LogP contribution in [0.25, 0.3) is 0 Å². The lowest BCUT2D eigenvalue weighted by Gasteiger charge is -2.22. The second kappa shape index (κ2) is 9.64. The van der Waals surface area contributed by atoms with E-state index in [0.717, 1.165) is 33.8 Å². The number of halogens is 2. The van der Waals surface area contributed by atoms with Crippen LogP contribution >= 0.6 is 27.5 Å². The number of rotatable bonds is 9. The van der Waals surface area contributed by atoms with E-state index in [4.69, 9.17) is 16.3 Å². The Morgan fingerprint density at radius 3 is 2.60 bits per heavy atom. The molecule has 1 aromatic carbocycles. The smallest absolute Gasteiger partial charge is 0.137 e. The average Bonchev–Trinajstić information content (AvgIpc) is 2.41. The minimum absolute atomic E-state index is 0.293. The number of nitrogens with one attached hydrogen (secondary N) is 1. The van der Waals surface area contributed by atoms with Crippen LogP contribution in [0.5, 0.6) is 5.75 Å². The van der Waals surface area contributed by atoms with Crippen molar-refractivity contribution in [3.8, 4) is 5.75 Å². The number of benzene rings is 1. The first-order valence-corrected chi connectivity index (χ1v) is 8.57. The van der Waals surface area contributed by atoms with Gasteiger partial charge in [0.25, 0.3) is 0 Å². The van der Waals surface area contributed by atoms with Gasteiger partial charge in [-0.2, -0.15) is 0 Å². The molecule has 1 atom stereocenters. The minimum atomic E-state index is 0.293. The molecule has 20 heavy (non-hydrogen) atoms. The van der Waals surface area contributed by atoms with Gasteiger partial charge in [-0.25, -0.2) is 0 Å². The molecule has 0 aliphatic rings. The van der Waals surface area contributed by atoms with Crippen molar-refractivity contribution in [2.24, 2.45) is 0 Å². The Balaban J connectivity index is 2.89. The fraction of sp³-hybridized carbons (Fsp3) is 0.625. The fourth-order valence-corrected chi connectivity index (χ4v) is 3.44. The summed E-state index contributed by atoms with van der Waals surface area (Å²) in [5, 5.41) is 4.29. The third-order valence-corrected chi connectivity index (χ3v) is 4.22. The highest BCUT2D eigenvalue weighted by atomic mass is 79.9. The molecule has 1 rings (SSSR count). The highest BCUT2D eigenvalue weighted by Crippen LogP contribution is 2.37. The summed E-state index contributed by atoms with van der Waals surface area (Å²) in [4.78, 5) is 0. The topological polar surface area (TPSA) is 21.3 Å². The minimum Gasteiger partial charge on any atom is -0.495 e. The van der Waals surface area contributed by atoms with Gasteiger partial charge in [0.2, 0.25) is 0 Å². The molecule has 0 bridgehead atoms. The summed E-state index contributed by atoms with van der Waals surface area (Å²) in [5.74, 6) is 0.885. The summed E-state index contributed by atoms with van der Waals surface area (Å²) in [6.45, 7) is 5.30. The summed E-state index contributed by atoms with van der Waals surface area (Å²) in [5.41, 5.74) is 1.14. The molecule has 0 aliphatic carbocycles. The van der Waals surface area contributed by atoms with Crippen LogP contribution in [0.4, 0.5) is 0 Å². The Morgan fingerprint density at radius 2 is 2.00 bits per heavy atom. The molecular weight excluding hydrogens is 338 g/mol. The van der Waals surface area contributed by atoms with Gasteiger partial charge in [0.15, 0.2) is 0 Å². The molecule has 4 heteroatoms. The lowest BCUT2D eigenvalue weighted by Crippen LogP contribution is -2.21. The van der Waals surface area contributed by atoms with Gasteiger partial charge in [0.05, 0.1) is 11.6 Å². The molecule has 2 nitrogen and oxygen atoms in total. The van der Waals surface area contributed by atoms with Crippen LogP contribution in [0.15, 0.2) is 16.6 Å². The van der Waals surface area contributed by atoms with Crippen molar-refractivity contribution in [3.63, 3.8) is 0 Å². The third kappa shape index (κ3) is 5.27. The fourth-order valence-electron chi connectivity index (χ4n) is 2.44. The zero-order valence-corrected chi connectivity index (χ0v) is 15.0. The largest absolute Gasteiger partial charge is 0.495 e. The van der Waals surface area contributed by atoms with Crippen molar-refractivity contribution in [3.05, 3.63) is 27.2 Å². The molecule has 0 saturated heterocycles. The quantitative estimate of drug-likeness (QED) is 0.566. The van der Waals surface area contributed by atoms with E-state index < -0.39 is 0 Å². The van der Waals surface area contributed by atoms with Gasteiger partial charge in [0, 0.05) is 16.6 Å². The Labute approximate surface area is 136 Å². The lowest BCUT2D eigenvalue weighted by atomic mass is 9.99. The first-order valence-electron chi connectivity index (χ1n) is 7.40. The van der Waals surface area contributed by atoms with Crippen LogP contribution in [-0.2, 0) is 0 Å². The first-order chi connectivity index (χ1) is 9.63. The van der Waals surface area contributed by atoms with Gasteiger partial charge >= 0.3 is 0 Å². The zero-order chi connectivity index (χ0) is 15.0. The SMILES string of the molecule is CCCCCCC(NCC)c1cc(Cl)cc(Br)c1OC. The van der Waals surface area contributed by atoms with Crippen LogP contribution < -0.4 is 10.1 Å². The van der Waals surface area contributed by atoms with Gasteiger partial charge in [-0.3, -0.25) is 0 Å².